The van der Waals surface area contributed by atoms with Crippen LogP contribution in [0.4, 0.5) is 18.9 Å². The van der Waals surface area contributed by atoms with Gasteiger partial charge in [-0.3, -0.25) is 4.90 Å². The van der Waals surface area contributed by atoms with Crippen LogP contribution >= 0.6 is 0 Å². The van der Waals surface area contributed by atoms with Crippen LogP contribution in [0, 0.1) is 0 Å². The normalized spacial score (nSPS) is 16.8. The summed E-state index contributed by atoms with van der Waals surface area (Å²) in [6.07, 6.45) is -2.11. The van der Waals surface area contributed by atoms with Crippen molar-refractivity contribution in [2.24, 2.45) is 0 Å². The van der Waals surface area contributed by atoms with E-state index in [4.69, 9.17) is 0 Å². The lowest BCUT2D eigenvalue weighted by molar-refractivity contribution is -0.137. The lowest BCUT2D eigenvalue weighted by atomic mass is 10.1. The van der Waals surface area contributed by atoms with Crippen molar-refractivity contribution in [3.63, 3.8) is 0 Å². The lowest BCUT2D eigenvalue weighted by Gasteiger charge is -2.36. The molecule has 2 aromatic carbocycles. The molecule has 0 unspecified atom stereocenters. The van der Waals surface area contributed by atoms with Crippen molar-refractivity contribution in [1.29, 1.82) is 0 Å². The van der Waals surface area contributed by atoms with Crippen LogP contribution in [-0.4, -0.2) is 37.6 Å². The molecule has 1 aliphatic rings. The van der Waals surface area contributed by atoms with E-state index in [0.717, 1.165) is 38.8 Å². The average molecular weight is 360 g/mol. The number of hydrogen-bond acceptors (Lipinski definition) is 2. The highest BCUT2D eigenvalue weighted by Crippen LogP contribution is 2.31. The van der Waals surface area contributed by atoms with Gasteiger partial charge >= 0.3 is 6.18 Å². The molecule has 0 saturated carbocycles. The van der Waals surface area contributed by atoms with Gasteiger partial charge in [0.2, 0.25) is 0 Å². The third kappa shape index (κ3) is 4.88. The van der Waals surface area contributed by atoms with Gasteiger partial charge in [-0.15, -0.1) is 0 Å². The first kappa shape index (κ1) is 18.5. The molecule has 1 heterocycles. The van der Waals surface area contributed by atoms with Gasteiger partial charge in [0.1, 0.15) is 0 Å². The molecule has 1 saturated heterocycles. The number of piperazine rings is 1. The molecule has 0 radical (unpaired) electrons. The Labute approximate surface area is 152 Å². The van der Waals surface area contributed by atoms with Crippen LogP contribution in [0.1, 0.15) is 18.1 Å². The van der Waals surface area contributed by atoms with E-state index in [2.05, 4.69) is 30.0 Å². The molecule has 0 aliphatic carbocycles. The Balaban J connectivity index is 1.57. The monoisotopic (exact) mass is 360 g/mol. The number of anilines is 1. The smallest absolute Gasteiger partial charge is 0.369 e. The Kier molecular flexibility index (Phi) is 5.67. The van der Waals surface area contributed by atoms with E-state index in [1.165, 1.54) is 23.3 Å². The van der Waals surface area contributed by atoms with Crippen molar-refractivity contribution < 1.29 is 13.2 Å². The van der Waals surface area contributed by atoms with Gasteiger partial charge in [-0.2, -0.15) is 13.2 Å². The maximum atomic E-state index is 12.9. The second kappa shape index (κ2) is 7.96. The van der Waals surface area contributed by atoms with Crippen LogP contribution in [0.15, 0.2) is 60.2 Å². The fraction of sp³-hybridized carbons (Fsp3) is 0.333. The number of nitrogens with zero attached hydrogens (tertiary/aromatic N) is 2. The SMILES string of the molecule is C/C(=C\c1ccccc1)CN1CCN(c2cccc(C(F)(F)F)c2)CC1. The molecular formula is C21H23F3N2. The van der Waals surface area contributed by atoms with Gasteiger partial charge in [0, 0.05) is 38.4 Å². The molecule has 2 nitrogen and oxygen atoms in total. The molecule has 1 fully saturated rings. The Hall–Kier alpha value is -2.27. The van der Waals surface area contributed by atoms with Crippen molar-refractivity contribution in [1.82, 2.24) is 4.90 Å². The van der Waals surface area contributed by atoms with Crippen LogP contribution in [0.5, 0.6) is 0 Å². The highest BCUT2D eigenvalue weighted by molar-refractivity contribution is 5.52. The number of halogens is 3. The summed E-state index contributed by atoms with van der Waals surface area (Å²) in [6.45, 7) is 6.16. The minimum absolute atomic E-state index is 0.584. The van der Waals surface area contributed by atoms with Crippen molar-refractivity contribution >= 4 is 11.8 Å². The number of alkyl halides is 3. The molecule has 26 heavy (non-hydrogen) atoms. The largest absolute Gasteiger partial charge is 0.416 e. The molecule has 0 bridgehead atoms. The van der Waals surface area contributed by atoms with Crippen molar-refractivity contribution in [2.75, 3.05) is 37.6 Å². The quantitative estimate of drug-likeness (QED) is 0.763. The lowest BCUT2D eigenvalue weighted by Crippen LogP contribution is -2.46. The van der Waals surface area contributed by atoms with E-state index in [9.17, 15) is 13.2 Å². The predicted octanol–water partition coefficient (Wildman–Crippen LogP) is 4.93. The first-order valence-corrected chi connectivity index (χ1v) is 8.78. The molecule has 3 rings (SSSR count). The molecule has 138 valence electrons. The zero-order valence-electron chi connectivity index (χ0n) is 14.8. The van der Waals surface area contributed by atoms with Crippen molar-refractivity contribution in [3.8, 4) is 0 Å². The van der Waals surface area contributed by atoms with Gasteiger partial charge in [-0.1, -0.05) is 48.0 Å². The van der Waals surface area contributed by atoms with Gasteiger partial charge in [0.05, 0.1) is 5.56 Å². The van der Waals surface area contributed by atoms with Crippen LogP contribution in [0.3, 0.4) is 0 Å². The van der Waals surface area contributed by atoms with Crippen LogP contribution in [0.25, 0.3) is 6.08 Å². The molecule has 0 N–H and O–H groups in total. The van der Waals surface area contributed by atoms with Crippen LogP contribution < -0.4 is 4.90 Å². The Morgan fingerprint density at radius 1 is 0.962 bits per heavy atom. The summed E-state index contributed by atoms with van der Waals surface area (Å²) in [5.74, 6) is 0. The summed E-state index contributed by atoms with van der Waals surface area (Å²) in [6, 6.07) is 15.8. The average Bonchev–Trinajstić information content (AvgIpc) is 2.62. The van der Waals surface area contributed by atoms with E-state index >= 15 is 0 Å². The zero-order valence-corrected chi connectivity index (χ0v) is 14.8. The predicted molar refractivity (Wildman–Crippen MR) is 100 cm³/mol. The number of benzene rings is 2. The van der Waals surface area contributed by atoms with E-state index < -0.39 is 11.7 Å². The molecule has 0 aromatic heterocycles. The van der Waals surface area contributed by atoms with Gasteiger partial charge < -0.3 is 4.90 Å². The molecule has 0 spiro atoms. The number of rotatable bonds is 4. The second-order valence-corrected chi connectivity index (χ2v) is 6.71. The van der Waals surface area contributed by atoms with Crippen LogP contribution in [-0.2, 0) is 6.18 Å². The maximum absolute atomic E-state index is 12.9. The minimum atomic E-state index is -4.29. The topological polar surface area (TPSA) is 6.48 Å². The van der Waals surface area contributed by atoms with E-state index in [1.807, 2.05) is 23.1 Å². The molecule has 2 aromatic rings. The van der Waals surface area contributed by atoms with E-state index in [1.54, 1.807) is 6.07 Å². The minimum Gasteiger partial charge on any atom is -0.369 e. The Morgan fingerprint density at radius 3 is 2.31 bits per heavy atom. The summed E-state index contributed by atoms with van der Waals surface area (Å²) in [7, 11) is 0. The van der Waals surface area contributed by atoms with Gasteiger partial charge in [0.15, 0.2) is 0 Å². The highest BCUT2D eigenvalue weighted by atomic mass is 19.4. The molecular weight excluding hydrogens is 337 g/mol. The molecule has 1 aliphatic heterocycles. The van der Waals surface area contributed by atoms with Crippen molar-refractivity contribution in [3.05, 3.63) is 71.3 Å². The van der Waals surface area contributed by atoms with Gasteiger partial charge in [-0.05, 0) is 30.7 Å². The number of hydrogen-bond donors (Lipinski definition) is 0. The fourth-order valence-corrected chi connectivity index (χ4v) is 3.28. The first-order valence-electron chi connectivity index (χ1n) is 8.78. The van der Waals surface area contributed by atoms with Gasteiger partial charge in [-0.25, -0.2) is 0 Å². The van der Waals surface area contributed by atoms with Crippen LogP contribution in [0.2, 0.25) is 0 Å². The first-order chi connectivity index (χ1) is 12.4. The fourth-order valence-electron chi connectivity index (χ4n) is 3.28. The molecule has 0 amide bonds. The van der Waals surface area contributed by atoms with Gasteiger partial charge in [0.25, 0.3) is 0 Å². The highest BCUT2D eigenvalue weighted by Gasteiger charge is 2.31. The molecule has 0 atom stereocenters. The summed E-state index contributed by atoms with van der Waals surface area (Å²) in [5.41, 5.74) is 2.53. The Bertz CT molecular complexity index is 745. The standard InChI is InChI=1S/C21H23F3N2/c1-17(14-18-6-3-2-4-7-18)16-25-10-12-26(13-11-25)20-9-5-8-19(15-20)21(22,23)24/h2-9,14-15H,10-13,16H2,1H3/b17-14+. The van der Waals surface area contributed by atoms with Crippen molar-refractivity contribution in [2.45, 2.75) is 13.1 Å². The zero-order chi connectivity index (χ0) is 18.6. The van der Waals surface area contributed by atoms with E-state index in [-0.39, 0.29) is 0 Å². The maximum Gasteiger partial charge on any atom is 0.416 e. The third-order valence-corrected chi connectivity index (χ3v) is 4.60. The summed E-state index contributed by atoms with van der Waals surface area (Å²) < 4.78 is 38.7. The summed E-state index contributed by atoms with van der Waals surface area (Å²) in [5, 5.41) is 0. The second-order valence-electron chi connectivity index (χ2n) is 6.71. The summed E-state index contributed by atoms with van der Waals surface area (Å²) in [4.78, 5) is 4.38. The van der Waals surface area contributed by atoms with E-state index in [0.29, 0.717) is 5.69 Å². The molecule has 5 heteroatoms. The third-order valence-electron chi connectivity index (χ3n) is 4.60. The Morgan fingerprint density at radius 2 is 1.65 bits per heavy atom. The summed E-state index contributed by atoms with van der Waals surface area (Å²) >= 11 is 0.